The summed E-state index contributed by atoms with van der Waals surface area (Å²) in [6.07, 6.45) is 1.85. The number of thioether (sulfide) groups is 1. The van der Waals surface area contributed by atoms with Crippen molar-refractivity contribution in [1.82, 2.24) is 4.90 Å². The molecule has 0 radical (unpaired) electrons. The average Bonchev–Trinajstić information content (AvgIpc) is 2.57. The van der Waals surface area contributed by atoms with Crippen molar-refractivity contribution in [1.29, 1.82) is 0 Å². The van der Waals surface area contributed by atoms with E-state index in [-0.39, 0.29) is 16.4 Å². The second kappa shape index (κ2) is 7.02. The minimum absolute atomic E-state index is 0.122. The Morgan fingerprint density at radius 3 is 2.30 bits per heavy atom. The molecule has 23 heavy (non-hydrogen) atoms. The summed E-state index contributed by atoms with van der Waals surface area (Å²) in [5.74, 6) is 0.420. The van der Waals surface area contributed by atoms with Crippen LogP contribution in [-0.2, 0) is 10.5 Å². The number of piperidine rings is 1. The van der Waals surface area contributed by atoms with E-state index in [1.807, 2.05) is 24.3 Å². The fourth-order valence-corrected chi connectivity index (χ4v) is 4.53. The Labute approximate surface area is 140 Å². The van der Waals surface area contributed by atoms with Crippen LogP contribution in [0.3, 0.4) is 0 Å². The van der Waals surface area contributed by atoms with E-state index >= 15 is 0 Å². The number of nitrogens with zero attached hydrogens (tertiary/aromatic N) is 1. The predicted octanol–water partition coefficient (Wildman–Crippen LogP) is 4.82. The van der Waals surface area contributed by atoms with Gasteiger partial charge in [0, 0.05) is 16.1 Å². The fourth-order valence-electron chi connectivity index (χ4n) is 3.10. The zero-order valence-electron chi connectivity index (χ0n) is 13.3. The number of hydrogen-bond donors (Lipinski definition) is 0. The third kappa shape index (κ3) is 3.75. The van der Waals surface area contributed by atoms with Gasteiger partial charge in [0.15, 0.2) is 0 Å². The summed E-state index contributed by atoms with van der Waals surface area (Å²) >= 11 is 1.78. The topological polar surface area (TPSA) is 3.24 Å². The normalized spacial score (nSPS) is 18.0. The molecule has 3 rings (SSSR count). The highest BCUT2D eigenvalue weighted by Gasteiger charge is 2.37. The number of likely N-dealkylation sites (tertiary alicyclic amines) is 1. The summed E-state index contributed by atoms with van der Waals surface area (Å²) in [6, 6.07) is 13.7. The predicted molar refractivity (Wildman–Crippen MR) is 92.5 cm³/mol. The van der Waals surface area contributed by atoms with Gasteiger partial charge in [0.05, 0.1) is 0 Å². The Hall–Kier alpha value is -1.39. The highest BCUT2D eigenvalue weighted by molar-refractivity contribution is 7.99. The molecule has 0 atom stereocenters. The van der Waals surface area contributed by atoms with Crippen molar-refractivity contribution in [3.8, 4) is 0 Å². The van der Waals surface area contributed by atoms with Crippen LogP contribution in [0.15, 0.2) is 48.5 Å². The highest BCUT2D eigenvalue weighted by Crippen LogP contribution is 2.47. The molecule has 0 aromatic heterocycles. The smallest absolute Gasteiger partial charge is 0.127 e. The van der Waals surface area contributed by atoms with E-state index in [0.717, 1.165) is 42.8 Å². The molecule has 1 aliphatic heterocycles. The molecule has 0 spiro atoms. The standard InChI is InChI=1S/C19H21F2NS/c1-22-12-10-19(11-13-22,17-4-2-3-5-18(17)21)23-14-15-6-8-16(20)9-7-15/h2-9H,10-14H2,1H3. The first-order chi connectivity index (χ1) is 11.1. The van der Waals surface area contributed by atoms with Gasteiger partial charge >= 0.3 is 0 Å². The molecule has 1 aliphatic rings. The van der Waals surface area contributed by atoms with Crippen molar-refractivity contribution < 1.29 is 8.78 Å². The maximum Gasteiger partial charge on any atom is 0.127 e. The van der Waals surface area contributed by atoms with E-state index < -0.39 is 0 Å². The SMILES string of the molecule is CN1CCC(SCc2ccc(F)cc2)(c2ccccc2F)CC1. The van der Waals surface area contributed by atoms with Gasteiger partial charge in [-0.15, -0.1) is 11.8 Å². The van der Waals surface area contributed by atoms with Crippen molar-refractivity contribution in [2.45, 2.75) is 23.3 Å². The average molecular weight is 333 g/mol. The molecule has 2 aromatic rings. The van der Waals surface area contributed by atoms with Crippen LogP contribution in [0.1, 0.15) is 24.0 Å². The van der Waals surface area contributed by atoms with Gasteiger partial charge in [0.2, 0.25) is 0 Å². The molecule has 1 heterocycles. The Balaban J connectivity index is 1.84. The van der Waals surface area contributed by atoms with E-state index in [1.165, 1.54) is 12.1 Å². The third-order valence-electron chi connectivity index (χ3n) is 4.59. The monoisotopic (exact) mass is 333 g/mol. The van der Waals surface area contributed by atoms with Crippen LogP contribution < -0.4 is 0 Å². The summed E-state index contributed by atoms with van der Waals surface area (Å²) in [6.45, 7) is 1.93. The molecule has 0 bridgehead atoms. The van der Waals surface area contributed by atoms with Crippen LogP contribution in [0.4, 0.5) is 8.78 Å². The molecule has 1 fully saturated rings. The summed E-state index contributed by atoms with van der Waals surface area (Å²) in [5.41, 5.74) is 1.88. The maximum absolute atomic E-state index is 14.4. The van der Waals surface area contributed by atoms with Gasteiger partial charge in [0.25, 0.3) is 0 Å². The fraction of sp³-hybridized carbons (Fsp3) is 0.368. The minimum Gasteiger partial charge on any atom is -0.306 e. The first-order valence-electron chi connectivity index (χ1n) is 7.91. The molecule has 122 valence electrons. The van der Waals surface area contributed by atoms with Crippen LogP contribution in [-0.4, -0.2) is 25.0 Å². The van der Waals surface area contributed by atoms with Gasteiger partial charge in [-0.1, -0.05) is 30.3 Å². The van der Waals surface area contributed by atoms with Crippen LogP contribution in [0.5, 0.6) is 0 Å². The summed E-state index contributed by atoms with van der Waals surface area (Å²) < 4.78 is 27.3. The maximum atomic E-state index is 14.4. The summed E-state index contributed by atoms with van der Waals surface area (Å²) in [4.78, 5) is 2.29. The first kappa shape index (κ1) is 16.5. The lowest BCUT2D eigenvalue weighted by Gasteiger charge is -2.41. The van der Waals surface area contributed by atoms with Crippen molar-refractivity contribution in [2.75, 3.05) is 20.1 Å². The lowest BCUT2D eigenvalue weighted by Crippen LogP contribution is -2.39. The zero-order chi connectivity index (χ0) is 16.3. The van der Waals surface area contributed by atoms with Gasteiger partial charge < -0.3 is 4.90 Å². The van der Waals surface area contributed by atoms with Crippen molar-refractivity contribution in [3.63, 3.8) is 0 Å². The third-order valence-corrected chi connectivity index (χ3v) is 6.25. The Morgan fingerprint density at radius 1 is 1.00 bits per heavy atom. The van der Waals surface area contributed by atoms with Crippen molar-refractivity contribution >= 4 is 11.8 Å². The molecule has 0 amide bonds. The summed E-state index contributed by atoms with van der Waals surface area (Å²) in [7, 11) is 2.11. The van der Waals surface area contributed by atoms with Crippen LogP contribution in [0.2, 0.25) is 0 Å². The second-order valence-corrected chi connectivity index (χ2v) is 7.55. The Kier molecular flexibility index (Phi) is 5.02. The largest absolute Gasteiger partial charge is 0.306 e. The molecule has 0 saturated carbocycles. The van der Waals surface area contributed by atoms with Crippen LogP contribution >= 0.6 is 11.8 Å². The lowest BCUT2D eigenvalue weighted by molar-refractivity contribution is 0.237. The van der Waals surface area contributed by atoms with E-state index in [4.69, 9.17) is 0 Å². The number of hydrogen-bond acceptors (Lipinski definition) is 2. The molecule has 0 N–H and O–H groups in total. The van der Waals surface area contributed by atoms with Gasteiger partial charge in [-0.3, -0.25) is 0 Å². The van der Waals surface area contributed by atoms with E-state index in [2.05, 4.69) is 11.9 Å². The van der Waals surface area contributed by atoms with E-state index in [0.29, 0.717) is 0 Å². The second-order valence-electron chi connectivity index (χ2n) is 6.19. The lowest BCUT2D eigenvalue weighted by atomic mass is 9.88. The van der Waals surface area contributed by atoms with Crippen LogP contribution in [0.25, 0.3) is 0 Å². The van der Waals surface area contributed by atoms with Gasteiger partial charge in [-0.2, -0.15) is 0 Å². The Morgan fingerprint density at radius 2 is 1.65 bits per heavy atom. The molecule has 1 saturated heterocycles. The van der Waals surface area contributed by atoms with E-state index in [9.17, 15) is 8.78 Å². The molecule has 1 nitrogen and oxygen atoms in total. The molecule has 4 heteroatoms. The summed E-state index contributed by atoms with van der Waals surface area (Å²) in [5, 5.41) is 0. The number of halogens is 2. The molecule has 0 aliphatic carbocycles. The van der Waals surface area contributed by atoms with Gasteiger partial charge in [0.1, 0.15) is 11.6 Å². The van der Waals surface area contributed by atoms with Crippen molar-refractivity contribution in [3.05, 3.63) is 71.3 Å². The minimum atomic E-state index is -0.221. The zero-order valence-corrected chi connectivity index (χ0v) is 14.1. The molecule has 0 unspecified atom stereocenters. The quantitative estimate of drug-likeness (QED) is 0.789. The first-order valence-corrected chi connectivity index (χ1v) is 8.90. The van der Waals surface area contributed by atoms with Gasteiger partial charge in [-0.25, -0.2) is 8.78 Å². The number of rotatable bonds is 4. The molecule has 2 aromatic carbocycles. The number of benzene rings is 2. The highest BCUT2D eigenvalue weighted by atomic mass is 32.2. The van der Waals surface area contributed by atoms with Crippen molar-refractivity contribution in [2.24, 2.45) is 0 Å². The molecular weight excluding hydrogens is 312 g/mol. The molecular formula is C19H21F2NS. The van der Waals surface area contributed by atoms with Gasteiger partial charge in [-0.05, 0) is 56.7 Å². The van der Waals surface area contributed by atoms with E-state index in [1.54, 1.807) is 23.9 Å². The Bertz CT molecular complexity index is 649. The van der Waals surface area contributed by atoms with Crippen LogP contribution in [0, 0.1) is 11.6 Å².